The van der Waals surface area contributed by atoms with Gasteiger partial charge in [-0.2, -0.15) is 0 Å². The van der Waals surface area contributed by atoms with Crippen LogP contribution in [0.1, 0.15) is 39.0 Å². The van der Waals surface area contributed by atoms with Crippen molar-refractivity contribution in [1.82, 2.24) is 10.6 Å². The SMILES string of the molecule is CCCSSCC(NC(=O)CNC(=O)CCCCC(=O)O)C(=O)O. The molecule has 10 heteroatoms. The lowest BCUT2D eigenvalue weighted by molar-refractivity contribution is -0.141. The average Bonchev–Trinajstić information content (AvgIpc) is 2.52. The van der Waals surface area contributed by atoms with E-state index >= 15 is 0 Å². The Morgan fingerprint density at radius 3 is 2.25 bits per heavy atom. The summed E-state index contributed by atoms with van der Waals surface area (Å²) in [6.45, 7) is 1.72. The Kier molecular flexibility index (Phi) is 13.1. The molecule has 138 valence electrons. The monoisotopic (exact) mass is 380 g/mol. The number of hydrogen-bond donors (Lipinski definition) is 4. The van der Waals surface area contributed by atoms with Crippen LogP contribution in [0.3, 0.4) is 0 Å². The molecule has 8 nitrogen and oxygen atoms in total. The molecule has 0 spiro atoms. The minimum Gasteiger partial charge on any atom is -0.481 e. The van der Waals surface area contributed by atoms with Gasteiger partial charge >= 0.3 is 11.9 Å². The summed E-state index contributed by atoms with van der Waals surface area (Å²) in [4.78, 5) is 44.6. The van der Waals surface area contributed by atoms with E-state index in [1.165, 1.54) is 10.8 Å². The van der Waals surface area contributed by atoms with Crippen molar-refractivity contribution in [3.8, 4) is 0 Å². The second-order valence-corrected chi connectivity index (χ2v) is 7.57. The summed E-state index contributed by atoms with van der Waals surface area (Å²) < 4.78 is 0. The molecule has 24 heavy (non-hydrogen) atoms. The molecule has 0 radical (unpaired) electrons. The van der Waals surface area contributed by atoms with Gasteiger partial charge in [0.15, 0.2) is 0 Å². The summed E-state index contributed by atoms with van der Waals surface area (Å²) in [5.74, 6) is -1.81. The number of nitrogens with one attached hydrogen (secondary N) is 2. The Morgan fingerprint density at radius 2 is 1.67 bits per heavy atom. The molecular formula is C14H24N2O6S2. The van der Waals surface area contributed by atoms with Crippen LogP contribution in [0.2, 0.25) is 0 Å². The highest BCUT2D eigenvalue weighted by Crippen LogP contribution is 2.22. The van der Waals surface area contributed by atoms with E-state index in [4.69, 9.17) is 10.2 Å². The third-order valence-corrected chi connectivity index (χ3v) is 5.35. The smallest absolute Gasteiger partial charge is 0.327 e. The minimum atomic E-state index is -1.12. The number of aliphatic carboxylic acids is 2. The van der Waals surface area contributed by atoms with Gasteiger partial charge in [0.1, 0.15) is 6.04 Å². The summed E-state index contributed by atoms with van der Waals surface area (Å²) in [5.41, 5.74) is 0. The molecule has 0 heterocycles. The third kappa shape index (κ3) is 13.1. The lowest BCUT2D eigenvalue weighted by atomic mass is 10.2. The van der Waals surface area contributed by atoms with E-state index in [9.17, 15) is 19.2 Å². The van der Waals surface area contributed by atoms with Crippen LogP contribution in [-0.2, 0) is 19.2 Å². The van der Waals surface area contributed by atoms with Gasteiger partial charge in [-0.05, 0) is 19.3 Å². The van der Waals surface area contributed by atoms with E-state index in [-0.39, 0.29) is 31.0 Å². The topological polar surface area (TPSA) is 133 Å². The molecule has 0 aromatic rings. The maximum Gasteiger partial charge on any atom is 0.327 e. The fourth-order valence-corrected chi connectivity index (χ4v) is 3.80. The number of carboxylic acid groups (broad SMARTS) is 2. The van der Waals surface area contributed by atoms with E-state index in [1.807, 2.05) is 6.92 Å². The van der Waals surface area contributed by atoms with Crippen LogP contribution in [0, 0.1) is 0 Å². The third-order valence-electron chi connectivity index (χ3n) is 2.73. The summed E-state index contributed by atoms with van der Waals surface area (Å²) in [6.07, 6.45) is 1.93. The van der Waals surface area contributed by atoms with Crippen LogP contribution in [0.5, 0.6) is 0 Å². The van der Waals surface area contributed by atoms with Gasteiger partial charge in [0, 0.05) is 24.3 Å². The summed E-state index contributed by atoms with van der Waals surface area (Å²) >= 11 is 0. The van der Waals surface area contributed by atoms with Crippen molar-refractivity contribution in [3.63, 3.8) is 0 Å². The number of carboxylic acids is 2. The first-order valence-electron chi connectivity index (χ1n) is 7.61. The van der Waals surface area contributed by atoms with Gasteiger partial charge in [0.25, 0.3) is 0 Å². The Labute approximate surface area is 148 Å². The van der Waals surface area contributed by atoms with Crippen LogP contribution in [-0.4, -0.2) is 58.1 Å². The fraction of sp³-hybridized carbons (Fsp3) is 0.714. The first kappa shape index (κ1) is 22.6. The van der Waals surface area contributed by atoms with Gasteiger partial charge in [0.2, 0.25) is 11.8 Å². The fourth-order valence-electron chi connectivity index (χ4n) is 1.51. The molecule has 0 aromatic heterocycles. The predicted octanol–water partition coefficient (Wildman–Crippen LogP) is 1.11. The zero-order valence-electron chi connectivity index (χ0n) is 13.6. The summed E-state index contributed by atoms with van der Waals surface area (Å²) in [7, 11) is 2.93. The normalized spacial score (nSPS) is 11.5. The molecule has 2 amide bonds. The molecule has 0 aliphatic rings. The number of carbonyl (C=O) groups excluding carboxylic acids is 2. The number of amides is 2. The maximum atomic E-state index is 11.7. The first-order chi connectivity index (χ1) is 11.4. The van der Waals surface area contributed by atoms with Crippen molar-refractivity contribution in [2.45, 2.75) is 45.1 Å². The van der Waals surface area contributed by atoms with Gasteiger partial charge in [-0.15, -0.1) is 0 Å². The zero-order chi connectivity index (χ0) is 18.4. The Morgan fingerprint density at radius 1 is 1.00 bits per heavy atom. The van der Waals surface area contributed by atoms with Gasteiger partial charge in [-0.3, -0.25) is 14.4 Å². The van der Waals surface area contributed by atoms with Crippen molar-refractivity contribution in [3.05, 3.63) is 0 Å². The molecule has 0 aliphatic heterocycles. The van der Waals surface area contributed by atoms with Gasteiger partial charge in [-0.1, -0.05) is 28.5 Å². The highest BCUT2D eigenvalue weighted by Gasteiger charge is 2.20. The van der Waals surface area contributed by atoms with Crippen molar-refractivity contribution in [2.24, 2.45) is 0 Å². The van der Waals surface area contributed by atoms with Crippen molar-refractivity contribution >= 4 is 45.3 Å². The second-order valence-electron chi connectivity index (χ2n) is 4.94. The molecule has 0 rings (SSSR count). The van der Waals surface area contributed by atoms with Crippen LogP contribution in [0.15, 0.2) is 0 Å². The highest BCUT2D eigenvalue weighted by molar-refractivity contribution is 8.76. The predicted molar refractivity (Wildman–Crippen MR) is 93.9 cm³/mol. The first-order valence-corrected chi connectivity index (χ1v) is 10.1. The van der Waals surface area contributed by atoms with E-state index in [0.29, 0.717) is 12.8 Å². The lowest BCUT2D eigenvalue weighted by Crippen LogP contribution is -2.46. The summed E-state index contributed by atoms with van der Waals surface area (Å²) in [5, 5.41) is 22.3. The maximum absolute atomic E-state index is 11.7. The van der Waals surface area contributed by atoms with Crippen molar-refractivity contribution in [1.29, 1.82) is 0 Å². The molecule has 1 unspecified atom stereocenters. The summed E-state index contributed by atoms with van der Waals surface area (Å²) in [6, 6.07) is -1.00. The van der Waals surface area contributed by atoms with Crippen LogP contribution in [0.25, 0.3) is 0 Å². The lowest BCUT2D eigenvalue weighted by Gasteiger charge is -2.14. The molecule has 4 N–H and O–H groups in total. The molecule has 0 fully saturated rings. The number of unbranched alkanes of at least 4 members (excludes halogenated alkanes) is 1. The Balaban J connectivity index is 3.96. The highest BCUT2D eigenvalue weighted by atomic mass is 33.1. The van der Waals surface area contributed by atoms with Gasteiger partial charge in [-0.25, -0.2) is 4.79 Å². The minimum absolute atomic E-state index is 0.00175. The largest absolute Gasteiger partial charge is 0.481 e. The molecule has 0 aliphatic carbocycles. The average molecular weight is 380 g/mol. The zero-order valence-corrected chi connectivity index (χ0v) is 15.2. The van der Waals surface area contributed by atoms with Gasteiger partial charge in [0.05, 0.1) is 6.54 Å². The van der Waals surface area contributed by atoms with Crippen molar-refractivity contribution in [2.75, 3.05) is 18.1 Å². The quantitative estimate of drug-likeness (QED) is 0.260. The molecule has 0 saturated heterocycles. The molecule has 0 aromatic carbocycles. The Bertz CT molecular complexity index is 433. The van der Waals surface area contributed by atoms with E-state index in [2.05, 4.69) is 10.6 Å². The number of hydrogen-bond acceptors (Lipinski definition) is 6. The molecule has 1 atom stereocenters. The molecule has 0 saturated carbocycles. The molecular weight excluding hydrogens is 356 g/mol. The number of rotatable bonds is 14. The van der Waals surface area contributed by atoms with Crippen LogP contribution < -0.4 is 10.6 Å². The van der Waals surface area contributed by atoms with Gasteiger partial charge < -0.3 is 20.8 Å². The Hall–Kier alpha value is -1.42. The van der Waals surface area contributed by atoms with E-state index in [0.717, 1.165) is 12.2 Å². The van der Waals surface area contributed by atoms with Crippen molar-refractivity contribution < 1.29 is 29.4 Å². The van der Waals surface area contributed by atoms with Crippen LogP contribution in [0.4, 0.5) is 0 Å². The second kappa shape index (κ2) is 14.0. The van der Waals surface area contributed by atoms with E-state index in [1.54, 1.807) is 10.8 Å². The van der Waals surface area contributed by atoms with Crippen LogP contribution >= 0.6 is 21.6 Å². The standard InChI is InChI=1S/C14H24N2O6S2/c1-2-7-23-24-9-10(14(21)22)16-12(18)8-15-11(17)5-3-4-6-13(19)20/h10H,2-9H2,1H3,(H,15,17)(H,16,18)(H,19,20)(H,21,22). The number of carbonyl (C=O) groups is 4. The molecule has 0 bridgehead atoms. The van der Waals surface area contributed by atoms with E-state index < -0.39 is 23.9 Å².